The summed E-state index contributed by atoms with van der Waals surface area (Å²) in [6, 6.07) is 5.73. The summed E-state index contributed by atoms with van der Waals surface area (Å²) in [7, 11) is 0. The third-order valence-electron chi connectivity index (χ3n) is 2.18. The molecule has 1 heterocycles. The Kier molecular flexibility index (Phi) is 4.15. The largest absolute Gasteiger partial charge is 0.437 e. The van der Waals surface area contributed by atoms with Crippen LogP contribution in [-0.4, -0.2) is 9.97 Å². The predicted molar refractivity (Wildman–Crippen MR) is 76.5 cm³/mol. The summed E-state index contributed by atoms with van der Waals surface area (Å²) in [6.07, 6.45) is 1.58. The molecule has 0 amide bonds. The van der Waals surface area contributed by atoms with Gasteiger partial charge in [0.2, 0.25) is 11.8 Å². The maximum absolute atomic E-state index is 5.72. The zero-order valence-corrected chi connectivity index (χ0v) is 12.6. The van der Waals surface area contributed by atoms with Gasteiger partial charge in [0.05, 0.1) is 10.7 Å². The van der Waals surface area contributed by atoms with E-state index in [1.54, 1.807) is 6.20 Å². The van der Waals surface area contributed by atoms with Gasteiger partial charge in [-0.25, -0.2) is 10.8 Å². The first-order valence-corrected chi connectivity index (χ1v) is 6.62. The Morgan fingerprint density at radius 1 is 1.33 bits per heavy atom. The van der Waals surface area contributed by atoms with Crippen LogP contribution in [0.4, 0.5) is 5.95 Å². The van der Waals surface area contributed by atoms with Crippen LogP contribution < -0.4 is 16.0 Å². The van der Waals surface area contributed by atoms with E-state index in [4.69, 9.17) is 10.6 Å². The molecule has 2 aromatic rings. The lowest BCUT2D eigenvalue weighted by atomic mass is 10.2. The lowest BCUT2D eigenvalue weighted by Gasteiger charge is -2.10. The van der Waals surface area contributed by atoms with Crippen LogP contribution >= 0.6 is 31.9 Å². The molecule has 0 saturated heterocycles. The van der Waals surface area contributed by atoms with Crippen molar-refractivity contribution in [2.45, 2.75) is 6.92 Å². The first-order valence-electron chi connectivity index (χ1n) is 5.03. The van der Waals surface area contributed by atoms with Gasteiger partial charge in [0.1, 0.15) is 5.75 Å². The molecular weight excluding hydrogens is 364 g/mol. The Balaban J connectivity index is 2.33. The number of aromatic nitrogens is 2. The van der Waals surface area contributed by atoms with E-state index in [1.165, 1.54) is 0 Å². The van der Waals surface area contributed by atoms with Gasteiger partial charge in [0.15, 0.2) is 0 Å². The van der Waals surface area contributed by atoms with E-state index in [1.807, 2.05) is 25.1 Å². The molecule has 1 aromatic carbocycles. The highest BCUT2D eigenvalue weighted by Crippen LogP contribution is 2.30. The number of hydrogen-bond donors (Lipinski definition) is 2. The molecule has 7 heteroatoms. The summed E-state index contributed by atoms with van der Waals surface area (Å²) in [5.74, 6) is 6.68. The van der Waals surface area contributed by atoms with Crippen molar-refractivity contribution in [3.05, 3.63) is 38.9 Å². The highest BCUT2D eigenvalue weighted by atomic mass is 79.9. The molecule has 94 valence electrons. The van der Waals surface area contributed by atoms with Crippen molar-refractivity contribution >= 4 is 37.8 Å². The van der Waals surface area contributed by atoms with Crippen LogP contribution in [0.5, 0.6) is 11.6 Å². The standard InChI is InChI=1S/C11H10Br2N4O/c1-6-4-7(12)2-3-9(6)18-10-8(13)5-15-11(16-10)17-14/h2-5H,14H2,1H3,(H,15,16,17). The summed E-state index contributed by atoms with van der Waals surface area (Å²) < 4.78 is 7.38. The maximum Gasteiger partial charge on any atom is 0.240 e. The van der Waals surface area contributed by atoms with Gasteiger partial charge in [-0.2, -0.15) is 4.98 Å². The third-order valence-corrected chi connectivity index (χ3v) is 3.22. The van der Waals surface area contributed by atoms with Crippen molar-refractivity contribution < 1.29 is 4.74 Å². The number of nitrogen functional groups attached to an aromatic ring is 1. The molecule has 2 rings (SSSR count). The lowest BCUT2D eigenvalue weighted by molar-refractivity contribution is 0.455. The second-order valence-corrected chi connectivity index (χ2v) is 5.27. The van der Waals surface area contributed by atoms with Gasteiger partial charge in [-0.1, -0.05) is 15.9 Å². The average molecular weight is 374 g/mol. The van der Waals surface area contributed by atoms with Gasteiger partial charge < -0.3 is 4.74 Å². The fraction of sp³-hybridized carbons (Fsp3) is 0.0909. The number of rotatable bonds is 3. The third kappa shape index (κ3) is 2.98. The number of ether oxygens (including phenoxy) is 1. The highest BCUT2D eigenvalue weighted by molar-refractivity contribution is 9.10. The minimum atomic E-state index is 0.294. The van der Waals surface area contributed by atoms with Crippen LogP contribution in [0.1, 0.15) is 5.56 Å². The Bertz CT molecular complexity index is 577. The van der Waals surface area contributed by atoms with Gasteiger partial charge >= 0.3 is 0 Å². The molecular formula is C11H10Br2N4O. The summed E-state index contributed by atoms with van der Waals surface area (Å²) in [5, 5.41) is 0. The molecule has 1 aromatic heterocycles. The number of nitrogens with zero attached hydrogens (tertiary/aromatic N) is 2. The van der Waals surface area contributed by atoms with E-state index < -0.39 is 0 Å². The van der Waals surface area contributed by atoms with Crippen molar-refractivity contribution in [1.29, 1.82) is 0 Å². The zero-order valence-electron chi connectivity index (χ0n) is 9.45. The fourth-order valence-corrected chi connectivity index (χ4v) is 2.07. The number of hydrogen-bond acceptors (Lipinski definition) is 5. The van der Waals surface area contributed by atoms with Gasteiger partial charge in [-0.15, -0.1) is 0 Å². The van der Waals surface area contributed by atoms with Gasteiger partial charge in [-0.05, 0) is 46.6 Å². The van der Waals surface area contributed by atoms with E-state index in [0.717, 1.165) is 15.8 Å². The van der Waals surface area contributed by atoms with Crippen molar-refractivity contribution in [3.63, 3.8) is 0 Å². The molecule has 0 spiro atoms. The minimum Gasteiger partial charge on any atom is -0.437 e. The van der Waals surface area contributed by atoms with Crippen molar-refractivity contribution in [3.8, 4) is 11.6 Å². The van der Waals surface area contributed by atoms with Gasteiger partial charge in [0.25, 0.3) is 0 Å². The molecule has 0 radical (unpaired) electrons. The SMILES string of the molecule is Cc1cc(Br)ccc1Oc1nc(NN)ncc1Br. The molecule has 0 aliphatic heterocycles. The second kappa shape index (κ2) is 5.64. The normalized spacial score (nSPS) is 10.2. The van der Waals surface area contributed by atoms with Crippen molar-refractivity contribution in [2.75, 3.05) is 5.43 Å². The Morgan fingerprint density at radius 2 is 2.11 bits per heavy atom. The quantitative estimate of drug-likeness (QED) is 0.637. The van der Waals surface area contributed by atoms with Gasteiger partial charge in [-0.3, -0.25) is 5.43 Å². The van der Waals surface area contributed by atoms with E-state index >= 15 is 0 Å². The Hall–Kier alpha value is -1.18. The molecule has 3 N–H and O–H groups in total. The molecule has 0 saturated carbocycles. The molecule has 0 aliphatic carbocycles. The fourth-order valence-electron chi connectivity index (χ4n) is 1.32. The predicted octanol–water partition coefficient (Wildman–Crippen LogP) is 3.39. The van der Waals surface area contributed by atoms with E-state index in [-0.39, 0.29) is 0 Å². The number of hydrazine groups is 1. The first kappa shape index (κ1) is 13.3. The second-order valence-electron chi connectivity index (χ2n) is 3.50. The molecule has 5 nitrogen and oxygen atoms in total. The van der Waals surface area contributed by atoms with Crippen LogP contribution in [-0.2, 0) is 0 Å². The minimum absolute atomic E-state index is 0.294. The van der Waals surface area contributed by atoms with Crippen molar-refractivity contribution in [2.24, 2.45) is 5.84 Å². The molecule has 0 bridgehead atoms. The summed E-state index contributed by atoms with van der Waals surface area (Å²) >= 11 is 6.73. The molecule has 0 aliphatic rings. The Morgan fingerprint density at radius 3 is 2.78 bits per heavy atom. The number of aryl methyl sites for hydroxylation is 1. The number of benzene rings is 1. The van der Waals surface area contributed by atoms with Crippen LogP contribution in [0, 0.1) is 6.92 Å². The summed E-state index contributed by atoms with van der Waals surface area (Å²) in [6.45, 7) is 1.96. The van der Waals surface area contributed by atoms with Crippen LogP contribution in [0.3, 0.4) is 0 Å². The Labute approximate surface area is 121 Å². The highest BCUT2D eigenvalue weighted by Gasteiger charge is 2.09. The average Bonchev–Trinajstić information content (AvgIpc) is 2.35. The number of halogens is 2. The smallest absolute Gasteiger partial charge is 0.240 e. The maximum atomic E-state index is 5.72. The van der Waals surface area contributed by atoms with Crippen molar-refractivity contribution in [1.82, 2.24) is 9.97 Å². The van der Waals surface area contributed by atoms with Crippen LogP contribution in [0.25, 0.3) is 0 Å². The monoisotopic (exact) mass is 372 g/mol. The molecule has 0 atom stereocenters. The molecule has 0 fully saturated rings. The molecule has 18 heavy (non-hydrogen) atoms. The number of anilines is 1. The van der Waals surface area contributed by atoms with E-state index in [9.17, 15) is 0 Å². The van der Waals surface area contributed by atoms with Crippen LogP contribution in [0.15, 0.2) is 33.3 Å². The number of nitrogens with one attached hydrogen (secondary N) is 1. The molecule has 0 unspecified atom stereocenters. The summed E-state index contributed by atoms with van der Waals surface area (Å²) in [4.78, 5) is 8.08. The topological polar surface area (TPSA) is 73.1 Å². The van der Waals surface area contributed by atoms with E-state index in [2.05, 4.69) is 47.3 Å². The lowest BCUT2D eigenvalue weighted by Crippen LogP contribution is -2.10. The van der Waals surface area contributed by atoms with Gasteiger partial charge in [0, 0.05) is 4.47 Å². The van der Waals surface area contributed by atoms with E-state index in [0.29, 0.717) is 16.3 Å². The zero-order chi connectivity index (χ0) is 13.1. The number of nitrogens with two attached hydrogens (primary N) is 1. The first-order chi connectivity index (χ1) is 8.60. The summed E-state index contributed by atoms with van der Waals surface area (Å²) in [5.41, 5.74) is 3.37. The van der Waals surface area contributed by atoms with Crippen LogP contribution in [0.2, 0.25) is 0 Å².